The van der Waals surface area contributed by atoms with Gasteiger partial charge in [-0.15, -0.1) is 12.4 Å². The second-order valence-electron chi connectivity index (χ2n) is 4.14. The molecule has 17 heavy (non-hydrogen) atoms. The van der Waals surface area contributed by atoms with Gasteiger partial charge in [-0.3, -0.25) is 4.79 Å². The minimum Gasteiger partial charge on any atom is -0.490 e. The molecule has 1 fully saturated rings. The average molecular weight is 257 g/mol. The summed E-state index contributed by atoms with van der Waals surface area (Å²) >= 11 is 0. The van der Waals surface area contributed by atoms with E-state index in [0.29, 0.717) is 24.6 Å². The van der Waals surface area contributed by atoms with Gasteiger partial charge in [0.05, 0.1) is 6.10 Å². The normalized spacial score (nSPS) is 13.9. The number of halogens is 1. The second-order valence-corrected chi connectivity index (χ2v) is 4.14. The van der Waals surface area contributed by atoms with Crippen molar-refractivity contribution in [1.82, 2.24) is 0 Å². The molecule has 4 nitrogen and oxygen atoms in total. The number of carbonyl (C=O) groups is 1. The molecule has 1 saturated carbocycles. The summed E-state index contributed by atoms with van der Waals surface area (Å²) in [5.41, 5.74) is 12.6. The van der Waals surface area contributed by atoms with Crippen molar-refractivity contribution in [3.63, 3.8) is 0 Å². The molecule has 0 aliphatic heterocycles. The van der Waals surface area contributed by atoms with Gasteiger partial charge in [0.2, 0.25) is 5.91 Å². The Kier molecular flexibility index (Phi) is 4.63. The Bertz CT molecular complexity index is 405. The van der Waals surface area contributed by atoms with Gasteiger partial charge in [0.1, 0.15) is 5.75 Å². The van der Waals surface area contributed by atoms with E-state index >= 15 is 0 Å². The van der Waals surface area contributed by atoms with Gasteiger partial charge in [0, 0.05) is 18.2 Å². The Morgan fingerprint density at radius 3 is 2.65 bits per heavy atom. The molecule has 94 valence electrons. The predicted octanol–water partition coefficient (Wildman–Crippen LogP) is 1.65. The van der Waals surface area contributed by atoms with Crippen molar-refractivity contribution in [2.45, 2.75) is 31.8 Å². The molecule has 1 amide bonds. The number of amides is 1. The number of carbonyl (C=O) groups excluding carboxylic acids is 1. The highest BCUT2D eigenvalue weighted by molar-refractivity contribution is 5.85. The van der Waals surface area contributed by atoms with Gasteiger partial charge in [-0.25, -0.2) is 0 Å². The molecule has 1 aliphatic rings. The first-order valence-electron chi connectivity index (χ1n) is 5.48. The van der Waals surface area contributed by atoms with E-state index in [2.05, 4.69) is 0 Å². The van der Waals surface area contributed by atoms with Crippen LogP contribution in [-0.2, 0) is 11.2 Å². The first kappa shape index (κ1) is 13.6. The number of hydrogen-bond donors (Lipinski definition) is 2. The van der Waals surface area contributed by atoms with Crippen molar-refractivity contribution in [1.29, 1.82) is 0 Å². The van der Waals surface area contributed by atoms with Crippen molar-refractivity contribution in [2.24, 2.45) is 5.73 Å². The highest BCUT2D eigenvalue weighted by Gasteiger charge is 2.23. The van der Waals surface area contributed by atoms with E-state index < -0.39 is 0 Å². The third-order valence-corrected chi connectivity index (χ3v) is 2.59. The number of anilines is 1. The van der Waals surface area contributed by atoms with E-state index in [4.69, 9.17) is 16.2 Å². The van der Waals surface area contributed by atoms with Gasteiger partial charge >= 0.3 is 0 Å². The van der Waals surface area contributed by atoms with E-state index in [0.717, 1.165) is 24.2 Å². The molecule has 2 rings (SSSR count). The fourth-order valence-electron chi connectivity index (χ4n) is 1.51. The van der Waals surface area contributed by atoms with Crippen LogP contribution in [-0.4, -0.2) is 12.0 Å². The number of benzene rings is 1. The molecule has 1 aromatic rings. The molecular formula is C12H17ClN2O2. The summed E-state index contributed by atoms with van der Waals surface area (Å²) in [4.78, 5) is 10.7. The minimum absolute atomic E-state index is 0. The van der Waals surface area contributed by atoms with E-state index in [1.807, 2.05) is 18.2 Å². The monoisotopic (exact) mass is 256 g/mol. The van der Waals surface area contributed by atoms with Gasteiger partial charge in [-0.2, -0.15) is 0 Å². The fraction of sp³-hybridized carbons (Fsp3) is 0.417. The molecule has 5 heteroatoms. The van der Waals surface area contributed by atoms with Crippen LogP contribution < -0.4 is 16.2 Å². The van der Waals surface area contributed by atoms with Crippen LogP contribution in [0.25, 0.3) is 0 Å². The maximum atomic E-state index is 10.7. The van der Waals surface area contributed by atoms with Crippen molar-refractivity contribution in [3.05, 3.63) is 23.8 Å². The highest BCUT2D eigenvalue weighted by atomic mass is 35.5. The zero-order chi connectivity index (χ0) is 11.5. The first-order valence-corrected chi connectivity index (χ1v) is 5.48. The van der Waals surface area contributed by atoms with Gasteiger partial charge in [0.15, 0.2) is 0 Å². The predicted molar refractivity (Wildman–Crippen MR) is 69.3 cm³/mol. The minimum atomic E-state index is -0.308. The van der Waals surface area contributed by atoms with Gasteiger partial charge in [0.25, 0.3) is 0 Å². The van der Waals surface area contributed by atoms with Crippen LogP contribution in [0.4, 0.5) is 5.69 Å². The highest BCUT2D eigenvalue weighted by Crippen LogP contribution is 2.29. The van der Waals surface area contributed by atoms with E-state index in [1.54, 1.807) is 0 Å². The van der Waals surface area contributed by atoms with Crippen molar-refractivity contribution in [3.8, 4) is 5.75 Å². The molecule has 0 saturated heterocycles. The Labute approximate surface area is 107 Å². The summed E-state index contributed by atoms with van der Waals surface area (Å²) in [7, 11) is 0. The smallest absolute Gasteiger partial charge is 0.217 e. The van der Waals surface area contributed by atoms with Crippen LogP contribution in [0.2, 0.25) is 0 Å². The number of ether oxygens (including phenoxy) is 1. The number of hydrogen-bond acceptors (Lipinski definition) is 3. The van der Waals surface area contributed by atoms with Crippen LogP contribution in [0, 0.1) is 0 Å². The Morgan fingerprint density at radius 1 is 1.41 bits per heavy atom. The lowest BCUT2D eigenvalue weighted by Gasteiger charge is -2.08. The zero-order valence-corrected chi connectivity index (χ0v) is 10.3. The van der Waals surface area contributed by atoms with Gasteiger partial charge in [-0.05, 0) is 30.9 Å². The molecule has 0 aromatic heterocycles. The van der Waals surface area contributed by atoms with Gasteiger partial charge in [-0.1, -0.05) is 6.07 Å². The van der Waals surface area contributed by atoms with Crippen LogP contribution in [0.5, 0.6) is 5.75 Å². The largest absolute Gasteiger partial charge is 0.490 e. The molecule has 4 N–H and O–H groups in total. The maximum absolute atomic E-state index is 10.7. The molecule has 0 radical (unpaired) electrons. The summed E-state index contributed by atoms with van der Waals surface area (Å²) < 4.78 is 5.62. The summed E-state index contributed by atoms with van der Waals surface area (Å²) in [6, 6.07) is 5.61. The fourth-order valence-corrected chi connectivity index (χ4v) is 1.51. The Balaban J connectivity index is 0.00000144. The zero-order valence-electron chi connectivity index (χ0n) is 9.52. The number of nitrogen functional groups attached to an aromatic ring is 1. The lowest BCUT2D eigenvalue weighted by molar-refractivity contribution is -0.117. The topological polar surface area (TPSA) is 78.3 Å². The SMILES string of the molecule is Cl.NC(=O)CCc1ccc(OC2CC2)cc1N. The van der Waals surface area contributed by atoms with Crippen LogP contribution in [0.1, 0.15) is 24.8 Å². The third-order valence-electron chi connectivity index (χ3n) is 2.59. The first-order chi connectivity index (χ1) is 7.65. The summed E-state index contributed by atoms with van der Waals surface area (Å²) in [6.45, 7) is 0. The van der Waals surface area contributed by atoms with Crippen molar-refractivity contribution < 1.29 is 9.53 Å². The number of aryl methyl sites for hydroxylation is 1. The summed E-state index contributed by atoms with van der Waals surface area (Å²) in [6.07, 6.45) is 3.54. The standard InChI is InChI=1S/C12H16N2O2.ClH/c13-11-7-10(16-9-4-5-9)3-1-8(11)2-6-12(14)15;/h1,3,7,9H,2,4-6,13H2,(H2,14,15);1H. The third kappa shape index (κ3) is 4.15. The molecule has 0 heterocycles. The molecule has 0 atom stereocenters. The van der Waals surface area contributed by atoms with Crippen molar-refractivity contribution >= 4 is 24.0 Å². The van der Waals surface area contributed by atoms with Crippen LogP contribution >= 0.6 is 12.4 Å². The van der Waals surface area contributed by atoms with E-state index in [-0.39, 0.29) is 18.3 Å². The summed E-state index contributed by atoms with van der Waals surface area (Å²) in [5, 5.41) is 0. The number of nitrogens with two attached hydrogens (primary N) is 2. The quantitative estimate of drug-likeness (QED) is 0.787. The average Bonchev–Trinajstić information content (AvgIpc) is 3.00. The number of rotatable bonds is 5. The molecule has 0 bridgehead atoms. The summed E-state index contributed by atoms with van der Waals surface area (Å²) in [5.74, 6) is 0.500. The van der Waals surface area contributed by atoms with E-state index in [1.165, 1.54) is 0 Å². The van der Waals surface area contributed by atoms with Crippen LogP contribution in [0.15, 0.2) is 18.2 Å². The lowest BCUT2D eigenvalue weighted by atomic mass is 10.1. The molecule has 1 aromatic carbocycles. The molecular weight excluding hydrogens is 240 g/mol. The molecule has 1 aliphatic carbocycles. The molecule has 0 spiro atoms. The second kappa shape index (κ2) is 5.77. The van der Waals surface area contributed by atoms with E-state index in [9.17, 15) is 4.79 Å². The van der Waals surface area contributed by atoms with Crippen LogP contribution in [0.3, 0.4) is 0 Å². The maximum Gasteiger partial charge on any atom is 0.217 e. The Hall–Kier alpha value is -1.42. The Morgan fingerprint density at radius 2 is 2.12 bits per heavy atom. The number of primary amides is 1. The van der Waals surface area contributed by atoms with Crippen molar-refractivity contribution in [2.75, 3.05) is 5.73 Å². The van der Waals surface area contributed by atoms with Gasteiger partial charge < -0.3 is 16.2 Å². The lowest BCUT2D eigenvalue weighted by Crippen LogP contribution is -2.11. The molecule has 0 unspecified atom stereocenters.